The van der Waals surface area contributed by atoms with Crippen LogP contribution in [0.25, 0.3) is 0 Å². The van der Waals surface area contributed by atoms with E-state index in [1.165, 1.54) is 0 Å². The van der Waals surface area contributed by atoms with E-state index >= 15 is 0 Å². The number of amides is 2. The molecular weight excluding hydrogens is 232 g/mol. The number of carbonyl (C=O) groups excluding carboxylic acids is 1. The van der Waals surface area contributed by atoms with Gasteiger partial charge in [0.1, 0.15) is 5.75 Å². The molecule has 1 unspecified atom stereocenters. The maximum absolute atomic E-state index is 10.8. The summed E-state index contributed by atoms with van der Waals surface area (Å²) in [6.45, 7) is 4.49. The number of benzene rings is 1. The van der Waals surface area contributed by atoms with Crippen molar-refractivity contribution in [3.8, 4) is 5.75 Å². The Hall–Kier alpha value is -1.75. The predicted molar refractivity (Wildman–Crippen MR) is 68.5 cm³/mol. The fourth-order valence-corrected chi connectivity index (χ4v) is 1.51. The number of hydrogen-bond donors (Lipinski definition) is 2. The summed E-state index contributed by atoms with van der Waals surface area (Å²) in [6.07, 6.45) is 2.11. The standard InChI is InChI=1S/C13H20N2O3/c1-3-4-9-18-12-7-5-11(6-8-12)10(2)15(17)13(14)16/h5-8,10,17H,3-4,9H2,1-2H3,(H2,14,16). The summed E-state index contributed by atoms with van der Waals surface area (Å²) >= 11 is 0. The van der Waals surface area contributed by atoms with Crippen molar-refractivity contribution in [2.24, 2.45) is 5.73 Å². The molecule has 0 spiro atoms. The number of carbonyl (C=O) groups is 1. The van der Waals surface area contributed by atoms with Gasteiger partial charge in [-0.3, -0.25) is 5.21 Å². The van der Waals surface area contributed by atoms with E-state index in [1.807, 2.05) is 12.1 Å². The molecule has 0 heterocycles. The molecule has 18 heavy (non-hydrogen) atoms. The van der Waals surface area contributed by atoms with Gasteiger partial charge in [-0.05, 0) is 31.0 Å². The Balaban J connectivity index is 2.61. The van der Waals surface area contributed by atoms with Crippen LogP contribution in [-0.2, 0) is 0 Å². The molecular formula is C13H20N2O3. The summed E-state index contributed by atoms with van der Waals surface area (Å²) in [5, 5.41) is 9.93. The molecule has 1 aromatic rings. The van der Waals surface area contributed by atoms with Crippen molar-refractivity contribution >= 4 is 6.03 Å². The largest absolute Gasteiger partial charge is 0.494 e. The van der Waals surface area contributed by atoms with Crippen molar-refractivity contribution in [2.45, 2.75) is 32.7 Å². The molecule has 1 atom stereocenters. The van der Waals surface area contributed by atoms with Crippen LogP contribution in [0.2, 0.25) is 0 Å². The molecule has 5 nitrogen and oxygen atoms in total. The van der Waals surface area contributed by atoms with Crippen LogP contribution in [0.1, 0.15) is 38.3 Å². The zero-order valence-electron chi connectivity index (χ0n) is 10.8. The van der Waals surface area contributed by atoms with E-state index in [2.05, 4.69) is 6.92 Å². The number of nitrogens with two attached hydrogens (primary N) is 1. The van der Waals surface area contributed by atoms with Gasteiger partial charge in [-0.1, -0.05) is 25.5 Å². The summed E-state index contributed by atoms with van der Waals surface area (Å²) in [6, 6.07) is 5.89. The normalized spacial score (nSPS) is 11.9. The molecule has 0 fully saturated rings. The third kappa shape index (κ3) is 3.92. The maximum atomic E-state index is 10.8. The first-order valence-corrected chi connectivity index (χ1v) is 6.06. The van der Waals surface area contributed by atoms with Crippen LogP contribution in [0.15, 0.2) is 24.3 Å². The number of ether oxygens (including phenoxy) is 1. The maximum Gasteiger partial charge on any atom is 0.339 e. The van der Waals surface area contributed by atoms with Crippen LogP contribution in [0.4, 0.5) is 4.79 Å². The summed E-state index contributed by atoms with van der Waals surface area (Å²) in [4.78, 5) is 10.8. The molecule has 2 amide bonds. The highest BCUT2D eigenvalue weighted by atomic mass is 16.5. The number of unbranched alkanes of at least 4 members (excludes halogenated alkanes) is 1. The van der Waals surface area contributed by atoms with E-state index in [0.29, 0.717) is 11.7 Å². The molecule has 0 bridgehead atoms. The number of primary amides is 1. The average Bonchev–Trinajstić information content (AvgIpc) is 2.38. The molecule has 1 aromatic carbocycles. The lowest BCUT2D eigenvalue weighted by molar-refractivity contribution is -0.0710. The second kappa shape index (κ2) is 6.86. The average molecular weight is 252 g/mol. The fourth-order valence-electron chi connectivity index (χ4n) is 1.51. The molecule has 0 saturated carbocycles. The van der Waals surface area contributed by atoms with Crippen molar-refractivity contribution in [1.29, 1.82) is 0 Å². The van der Waals surface area contributed by atoms with Crippen molar-refractivity contribution in [2.75, 3.05) is 6.61 Å². The first-order valence-electron chi connectivity index (χ1n) is 6.06. The third-order valence-corrected chi connectivity index (χ3v) is 2.72. The van der Waals surface area contributed by atoms with E-state index in [-0.39, 0.29) is 0 Å². The summed E-state index contributed by atoms with van der Waals surface area (Å²) in [7, 11) is 0. The number of rotatable bonds is 6. The van der Waals surface area contributed by atoms with Gasteiger partial charge in [0.25, 0.3) is 0 Å². The van der Waals surface area contributed by atoms with Gasteiger partial charge in [0.15, 0.2) is 0 Å². The fraction of sp³-hybridized carbons (Fsp3) is 0.462. The quantitative estimate of drug-likeness (QED) is 0.464. The Morgan fingerprint density at radius 3 is 2.56 bits per heavy atom. The number of hydroxylamine groups is 2. The van der Waals surface area contributed by atoms with Crippen LogP contribution in [0.5, 0.6) is 5.75 Å². The smallest absolute Gasteiger partial charge is 0.339 e. The predicted octanol–water partition coefficient (Wildman–Crippen LogP) is 2.70. The molecule has 1 rings (SSSR count). The first-order chi connectivity index (χ1) is 8.56. The molecule has 0 aliphatic carbocycles. The molecule has 100 valence electrons. The van der Waals surface area contributed by atoms with E-state index < -0.39 is 12.1 Å². The van der Waals surface area contributed by atoms with Crippen LogP contribution < -0.4 is 10.5 Å². The number of nitrogens with zero attached hydrogens (tertiary/aromatic N) is 1. The molecule has 5 heteroatoms. The lowest BCUT2D eigenvalue weighted by atomic mass is 10.1. The van der Waals surface area contributed by atoms with Crippen LogP contribution >= 0.6 is 0 Å². The van der Waals surface area contributed by atoms with E-state index in [1.54, 1.807) is 19.1 Å². The Bertz CT molecular complexity index is 378. The molecule has 0 aromatic heterocycles. The minimum absolute atomic E-state index is 0.479. The SMILES string of the molecule is CCCCOc1ccc(C(C)N(O)C(N)=O)cc1. The van der Waals surface area contributed by atoms with Crippen molar-refractivity contribution < 1.29 is 14.7 Å². The molecule has 0 radical (unpaired) electrons. The molecule has 3 N–H and O–H groups in total. The lowest BCUT2D eigenvalue weighted by Gasteiger charge is -2.20. The Morgan fingerprint density at radius 1 is 1.44 bits per heavy atom. The second-order valence-electron chi connectivity index (χ2n) is 4.13. The highest BCUT2D eigenvalue weighted by molar-refractivity contribution is 5.71. The van der Waals surface area contributed by atoms with Crippen LogP contribution in [0.3, 0.4) is 0 Å². The molecule has 0 saturated heterocycles. The molecule has 0 aliphatic heterocycles. The van der Waals surface area contributed by atoms with Gasteiger partial charge in [0.05, 0.1) is 12.6 Å². The highest BCUT2D eigenvalue weighted by Gasteiger charge is 2.16. The Morgan fingerprint density at radius 2 is 2.06 bits per heavy atom. The van der Waals surface area contributed by atoms with E-state index in [4.69, 9.17) is 10.5 Å². The van der Waals surface area contributed by atoms with Gasteiger partial charge in [-0.15, -0.1) is 0 Å². The van der Waals surface area contributed by atoms with E-state index in [0.717, 1.165) is 24.2 Å². The van der Waals surface area contributed by atoms with Gasteiger partial charge < -0.3 is 10.5 Å². The van der Waals surface area contributed by atoms with Crippen LogP contribution in [0, 0.1) is 0 Å². The third-order valence-electron chi connectivity index (χ3n) is 2.72. The van der Waals surface area contributed by atoms with Gasteiger partial charge in [0, 0.05) is 0 Å². The second-order valence-corrected chi connectivity index (χ2v) is 4.13. The van der Waals surface area contributed by atoms with Crippen molar-refractivity contribution in [1.82, 2.24) is 5.06 Å². The lowest BCUT2D eigenvalue weighted by Crippen LogP contribution is -2.34. The number of urea groups is 1. The van der Waals surface area contributed by atoms with Gasteiger partial charge in [-0.2, -0.15) is 5.06 Å². The van der Waals surface area contributed by atoms with Gasteiger partial charge >= 0.3 is 6.03 Å². The molecule has 0 aliphatic rings. The van der Waals surface area contributed by atoms with Gasteiger partial charge in [0.2, 0.25) is 0 Å². The first kappa shape index (κ1) is 14.3. The van der Waals surface area contributed by atoms with E-state index in [9.17, 15) is 10.0 Å². The van der Waals surface area contributed by atoms with Crippen LogP contribution in [-0.4, -0.2) is 22.9 Å². The summed E-state index contributed by atoms with van der Waals surface area (Å²) in [5.74, 6) is 0.781. The Kier molecular flexibility index (Phi) is 5.45. The topological polar surface area (TPSA) is 75.8 Å². The summed E-state index contributed by atoms with van der Waals surface area (Å²) < 4.78 is 5.52. The minimum atomic E-state index is -0.870. The van der Waals surface area contributed by atoms with Gasteiger partial charge in [-0.25, -0.2) is 4.79 Å². The minimum Gasteiger partial charge on any atom is -0.494 e. The van der Waals surface area contributed by atoms with Crippen molar-refractivity contribution in [3.63, 3.8) is 0 Å². The monoisotopic (exact) mass is 252 g/mol. The van der Waals surface area contributed by atoms with Crippen molar-refractivity contribution in [3.05, 3.63) is 29.8 Å². The Labute approximate surface area is 107 Å². The zero-order valence-corrected chi connectivity index (χ0v) is 10.8. The highest BCUT2D eigenvalue weighted by Crippen LogP contribution is 2.21. The number of hydrogen-bond acceptors (Lipinski definition) is 3. The zero-order chi connectivity index (χ0) is 13.5. The summed E-state index contributed by atoms with van der Waals surface area (Å²) in [5.41, 5.74) is 5.79.